The lowest BCUT2D eigenvalue weighted by molar-refractivity contribution is -0.144. The number of unbranched alkanes of at least 4 members (excludes halogenated alkanes) is 1. The SMILES string of the molecule is CNC(C)(CCCCN1CCOCC1(C)C)C(=O)O. The van der Waals surface area contributed by atoms with E-state index in [0.717, 1.165) is 39.1 Å². The summed E-state index contributed by atoms with van der Waals surface area (Å²) >= 11 is 0. The van der Waals surface area contributed by atoms with Crippen molar-refractivity contribution in [1.29, 1.82) is 0 Å². The van der Waals surface area contributed by atoms with Crippen molar-refractivity contribution in [2.24, 2.45) is 0 Å². The molecule has 1 saturated heterocycles. The third-order valence-electron chi connectivity index (χ3n) is 4.20. The summed E-state index contributed by atoms with van der Waals surface area (Å²) in [6.45, 7) is 9.68. The summed E-state index contributed by atoms with van der Waals surface area (Å²) in [5, 5.41) is 12.1. The van der Waals surface area contributed by atoms with E-state index in [2.05, 4.69) is 24.1 Å². The van der Waals surface area contributed by atoms with E-state index < -0.39 is 11.5 Å². The lowest BCUT2D eigenvalue weighted by atomic mass is 9.94. The number of morpholine rings is 1. The molecule has 112 valence electrons. The summed E-state index contributed by atoms with van der Waals surface area (Å²) in [7, 11) is 1.71. The standard InChI is InChI=1S/C14H28N2O3/c1-13(2)11-19-10-9-16(13)8-6-5-7-14(3,15-4)12(17)18/h15H,5-11H2,1-4H3,(H,17,18). The van der Waals surface area contributed by atoms with Crippen LogP contribution in [0.5, 0.6) is 0 Å². The number of nitrogens with zero attached hydrogens (tertiary/aromatic N) is 1. The van der Waals surface area contributed by atoms with Crippen LogP contribution < -0.4 is 5.32 Å². The highest BCUT2D eigenvalue weighted by molar-refractivity contribution is 5.78. The maximum absolute atomic E-state index is 11.2. The van der Waals surface area contributed by atoms with E-state index in [1.54, 1.807) is 14.0 Å². The molecule has 1 atom stereocenters. The van der Waals surface area contributed by atoms with Gasteiger partial charge in [0, 0.05) is 12.1 Å². The molecule has 2 N–H and O–H groups in total. The van der Waals surface area contributed by atoms with Gasteiger partial charge in [-0.1, -0.05) is 0 Å². The maximum Gasteiger partial charge on any atom is 0.323 e. The van der Waals surface area contributed by atoms with Crippen molar-refractivity contribution in [3.63, 3.8) is 0 Å². The van der Waals surface area contributed by atoms with Crippen LogP contribution in [-0.2, 0) is 9.53 Å². The second kappa shape index (κ2) is 6.68. The Hall–Kier alpha value is -0.650. The number of likely N-dealkylation sites (N-methyl/N-ethyl adjacent to an activating group) is 1. The van der Waals surface area contributed by atoms with E-state index in [9.17, 15) is 9.90 Å². The number of hydrogen-bond acceptors (Lipinski definition) is 4. The Morgan fingerprint density at radius 1 is 1.47 bits per heavy atom. The topological polar surface area (TPSA) is 61.8 Å². The Bertz CT molecular complexity index is 307. The van der Waals surface area contributed by atoms with E-state index >= 15 is 0 Å². The molecule has 0 aromatic rings. The van der Waals surface area contributed by atoms with Crippen molar-refractivity contribution in [2.75, 3.05) is 33.4 Å². The van der Waals surface area contributed by atoms with Gasteiger partial charge in [0.15, 0.2) is 0 Å². The molecule has 0 aliphatic carbocycles. The van der Waals surface area contributed by atoms with Gasteiger partial charge in [0.1, 0.15) is 5.54 Å². The quantitative estimate of drug-likeness (QED) is 0.685. The smallest absolute Gasteiger partial charge is 0.323 e. The average Bonchev–Trinajstić information content (AvgIpc) is 2.35. The van der Waals surface area contributed by atoms with Gasteiger partial charge < -0.3 is 15.2 Å². The molecule has 1 fully saturated rings. The summed E-state index contributed by atoms with van der Waals surface area (Å²) in [4.78, 5) is 13.6. The Morgan fingerprint density at radius 3 is 2.68 bits per heavy atom. The fourth-order valence-corrected chi connectivity index (χ4v) is 2.43. The van der Waals surface area contributed by atoms with E-state index in [1.807, 2.05) is 0 Å². The maximum atomic E-state index is 11.2. The van der Waals surface area contributed by atoms with Crippen molar-refractivity contribution in [1.82, 2.24) is 10.2 Å². The number of ether oxygens (including phenoxy) is 1. The molecule has 5 heteroatoms. The molecule has 0 bridgehead atoms. The molecule has 0 spiro atoms. The molecule has 19 heavy (non-hydrogen) atoms. The van der Waals surface area contributed by atoms with Crippen molar-refractivity contribution in [3.05, 3.63) is 0 Å². The van der Waals surface area contributed by atoms with Crippen LogP contribution in [0.2, 0.25) is 0 Å². The summed E-state index contributed by atoms with van der Waals surface area (Å²) in [6, 6.07) is 0. The van der Waals surface area contributed by atoms with E-state index in [1.165, 1.54) is 0 Å². The van der Waals surface area contributed by atoms with Gasteiger partial charge in [-0.3, -0.25) is 9.69 Å². The zero-order valence-corrected chi connectivity index (χ0v) is 12.7. The van der Waals surface area contributed by atoms with Gasteiger partial charge in [0.2, 0.25) is 0 Å². The zero-order chi connectivity index (χ0) is 14.5. The number of hydrogen-bond donors (Lipinski definition) is 2. The van der Waals surface area contributed by atoms with E-state index in [0.29, 0.717) is 6.42 Å². The Balaban J connectivity index is 2.32. The van der Waals surface area contributed by atoms with Crippen LogP contribution in [0.4, 0.5) is 0 Å². The number of carbonyl (C=O) groups is 1. The van der Waals surface area contributed by atoms with Crippen molar-refractivity contribution in [2.45, 2.75) is 51.1 Å². The van der Waals surface area contributed by atoms with Crippen molar-refractivity contribution in [3.8, 4) is 0 Å². The number of nitrogens with one attached hydrogen (secondary N) is 1. The van der Waals surface area contributed by atoms with Crippen LogP contribution in [0.1, 0.15) is 40.0 Å². The zero-order valence-electron chi connectivity index (χ0n) is 12.7. The van der Waals surface area contributed by atoms with E-state index in [4.69, 9.17) is 4.74 Å². The van der Waals surface area contributed by atoms with Gasteiger partial charge in [-0.2, -0.15) is 0 Å². The van der Waals surface area contributed by atoms with Gasteiger partial charge in [0.05, 0.1) is 13.2 Å². The van der Waals surface area contributed by atoms with Crippen LogP contribution in [0.3, 0.4) is 0 Å². The van der Waals surface area contributed by atoms with Crippen LogP contribution in [-0.4, -0.2) is 60.4 Å². The van der Waals surface area contributed by atoms with Crippen molar-refractivity contribution < 1.29 is 14.6 Å². The summed E-state index contributed by atoms with van der Waals surface area (Å²) in [5.41, 5.74) is -0.710. The number of carboxylic acid groups (broad SMARTS) is 1. The molecule has 0 saturated carbocycles. The second-order valence-electron chi connectivity index (χ2n) is 6.20. The monoisotopic (exact) mass is 272 g/mol. The first-order valence-electron chi connectivity index (χ1n) is 7.07. The molecular weight excluding hydrogens is 244 g/mol. The fraction of sp³-hybridized carbons (Fsp3) is 0.929. The molecule has 5 nitrogen and oxygen atoms in total. The molecule has 0 radical (unpaired) electrons. The minimum atomic E-state index is -0.805. The first kappa shape index (κ1) is 16.4. The molecule has 1 aliphatic heterocycles. The van der Waals surface area contributed by atoms with Gasteiger partial charge in [-0.15, -0.1) is 0 Å². The summed E-state index contributed by atoms with van der Waals surface area (Å²) in [6.07, 6.45) is 2.59. The number of carboxylic acids is 1. The first-order valence-corrected chi connectivity index (χ1v) is 7.07. The molecule has 0 amide bonds. The van der Waals surface area contributed by atoms with Gasteiger partial charge >= 0.3 is 5.97 Å². The fourth-order valence-electron chi connectivity index (χ4n) is 2.43. The van der Waals surface area contributed by atoms with Crippen LogP contribution in [0, 0.1) is 0 Å². The lowest BCUT2D eigenvalue weighted by Gasteiger charge is -2.42. The largest absolute Gasteiger partial charge is 0.480 e. The predicted molar refractivity (Wildman–Crippen MR) is 75.4 cm³/mol. The number of rotatable bonds is 7. The van der Waals surface area contributed by atoms with Crippen LogP contribution in [0.15, 0.2) is 0 Å². The van der Waals surface area contributed by atoms with Gasteiger partial charge in [-0.05, 0) is 53.6 Å². The lowest BCUT2D eigenvalue weighted by Crippen LogP contribution is -2.53. The average molecular weight is 272 g/mol. The molecule has 0 aromatic carbocycles. The molecule has 1 rings (SSSR count). The first-order chi connectivity index (χ1) is 8.82. The number of aliphatic carboxylic acids is 1. The van der Waals surface area contributed by atoms with E-state index in [-0.39, 0.29) is 5.54 Å². The third-order valence-corrected chi connectivity index (χ3v) is 4.20. The summed E-state index contributed by atoms with van der Waals surface area (Å²) < 4.78 is 5.50. The minimum absolute atomic E-state index is 0.0946. The van der Waals surface area contributed by atoms with Gasteiger partial charge in [0.25, 0.3) is 0 Å². The predicted octanol–water partition coefficient (Wildman–Crippen LogP) is 1.33. The minimum Gasteiger partial charge on any atom is -0.480 e. The van der Waals surface area contributed by atoms with Crippen LogP contribution in [0.25, 0.3) is 0 Å². The Labute approximate surface area is 116 Å². The Kier molecular flexibility index (Phi) is 5.77. The highest BCUT2D eigenvalue weighted by atomic mass is 16.5. The third kappa shape index (κ3) is 4.44. The summed E-state index contributed by atoms with van der Waals surface area (Å²) in [5.74, 6) is -0.776. The molecular formula is C14H28N2O3. The van der Waals surface area contributed by atoms with Gasteiger partial charge in [-0.25, -0.2) is 0 Å². The Morgan fingerprint density at radius 2 is 2.16 bits per heavy atom. The highest BCUT2D eigenvalue weighted by Gasteiger charge is 2.32. The second-order valence-corrected chi connectivity index (χ2v) is 6.20. The molecule has 1 unspecified atom stereocenters. The highest BCUT2D eigenvalue weighted by Crippen LogP contribution is 2.20. The van der Waals surface area contributed by atoms with Crippen LogP contribution >= 0.6 is 0 Å². The molecule has 1 aliphatic rings. The van der Waals surface area contributed by atoms with Crippen molar-refractivity contribution >= 4 is 5.97 Å². The molecule has 1 heterocycles. The molecule has 0 aromatic heterocycles. The normalized spacial score (nSPS) is 22.9.